The Bertz CT molecular complexity index is 297. The summed E-state index contributed by atoms with van der Waals surface area (Å²) < 4.78 is 0. The van der Waals surface area contributed by atoms with Gasteiger partial charge in [-0.3, -0.25) is 9.59 Å². The van der Waals surface area contributed by atoms with E-state index in [4.69, 9.17) is 5.11 Å². The molecule has 0 bridgehead atoms. The lowest BCUT2D eigenvalue weighted by Gasteiger charge is -2.25. The maximum atomic E-state index is 11.5. The third-order valence-corrected chi connectivity index (χ3v) is 3.79. The molecule has 0 rings (SSSR count). The van der Waals surface area contributed by atoms with Gasteiger partial charge in [0.05, 0.1) is 5.92 Å². The highest BCUT2D eigenvalue weighted by molar-refractivity contribution is 5.70. The summed E-state index contributed by atoms with van der Waals surface area (Å²) in [6.07, 6.45) is 3.82. The average Bonchev–Trinajstić information content (AvgIpc) is 2.30. The lowest BCUT2D eigenvalue weighted by molar-refractivity contribution is -0.145. The van der Waals surface area contributed by atoms with Gasteiger partial charge in [0, 0.05) is 6.42 Å². The largest absolute Gasteiger partial charge is 0.481 e. The Hall–Kier alpha value is -1.06. The van der Waals surface area contributed by atoms with Crippen LogP contribution in [0.25, 0.3) is 0 Å². The van der Waals surface area contributed by atoms with E-state index in [9.17, 15) is 14.7 Å². The van der Waals surface area contributed by atoms with Crippen LogP contribution in [0.4, 0.5) is 0 Å². The van der Waals surface area contributed by atoms with E-state index in [1.165, 1.54) is 0 Å². The fraction of sp³-hybridized carbons (Fsp3) is 0.875. The molecule has 20 heavy (non-hydrogen) atoms. The van der Waals surface area contributed by atoms with Crippen LogP contribution in [-0.4, -0.2) is 22.2 Å². The molecule has 2 unspecified atom stereocenters. The summed E-state index contributed by atoms with van der Waals surface area (Å²) in [6, 6.07) is 0. The van der Waals surface area contributed by atoms with Crippen LogP contribution in [0.2, 0.25) is 0 Å². The molecule has 0 aromatic rings. The molecule has 0 saturated carbocycles. The second-order valence-corrected chi connectivity index (χ2v) is 6.58. The van der Waals surface area contributed by atoms with E-state index < -0.39 is 17.9 Å². The molecule has 0 amide bonds. The predicted octanol–water partition coefficient (Wildman–Crippen LogP) is 4.04. The van der Waals surface area contributed by atoms with E-state index in [-0.39, 0.29) is 12.3 Å². The first-order valence-corrected chi connectivity index (χ1v) is 7.68. The van der Waals surface area contributed by atoms with Crippen LogP contribution in [0.3, 0.4) is 0 Å². The zero-order valence-electron chi connectivity index (χ0n) is 13.3. The van der Waals surface area contributed by atoms with Gasteiger partial charge in [0.15, 0.2) is 0 Å². The fourth-order valence-corrected chi connectivity index (χ4v) is 2.48. The Morgan fingerprint density at radius 3 is 1.70 bits per heavy atom. The van der Waals surface area contributed by atoms with Crippen molar-refractivity contribution in [1.82, 2.24) is 0 Å². The van der Waals surface area contributed by atoms with Crippen molar-refractivity contribution >= 4 is 11.9 Å². The second kappa shape index (κ2) is 9.78. The average molecular weight is 286 g/mol. The van der Waals surface area contributed by atoms with E-state index in [0.29, 0.717) is 24.7 Å². The molecular weight excluding hydrogens is 256 g/mol. The van der Waals surface area contributed by atoms with E-state index in [2.05, 4.69) is 27.7 Å². The molecule has 0 aliphatic heterocycles. The molecule has 0 fully saturated rings. The van der Waals surface area contributed by atoms with Gasteiger partial charge in [0.25, 0.3) is 0 Å². The summed E-state index contributed by atoms with van der Waals surface area (Å²) in [4.78, 5) is 22.2. The van der Waals surface area contributed by atoms with E-state index in [0.717, 1.165) is 19.3 Å². The lowest BCUT2D eigenvalue weighted by Crippen LogP contribution is -2.25. The number of rotatable bonds is 11. The summed E-state index contributed by atoms with van der Waals surface area (Å²) in [6.45, 7) is 8.38. The van der Waals surface area contributed by atoms with Crippen LogP contribution in [0.1, 0.15) is 66.2 Å². The van der Waals surface area contributed by atoms with Crippen molar-refractivity contribution < 1.29 is 19.8 Å². The van der Waals surface area contributed by atoms with Gasteiger partial charge < -0.3 is 10.2 Å². The number of hydrogen-bond donors (Lipinski definition) is 2. The molecule has 4 heteroatoms. The number of carbonyl (C=O) groups is 2. The number of hydrogen-bond acceptors (Lipinski definition) is 2. The Morgan fingerprint density at radius 2 is 1.30 bits per heavy atom. The maximum Gasteiger partial charge on any atom is 0.306 e. The van der Waals surface area contributed by atoms with Gasteiger partial charge in [-0.15, -0.1) is 0 Å². The monoisotopic (exact) mass is 286 g/mol. The number of carboxylic acids is 2. The molecule has 0 saturated heterocycles. The van der Waals surface area contributed by atoms with Crippen molar-refractivity contribution in [1.29, 1.82) is 0 Å². The fourth-order valence-electron chi connectivity index (χ4n) is 2.48. The first kappa shape index (κ1) is 18.9. The molecule has 118 valence electrons. The molecule has 0 aliphatic rings. The van der Waals surface area contributed by atoms with E-state index in [1.807, 2.05) is 0 Å². The summed E-state index contributed by atoms with van der Waals surface area (Å²) >= 11 is 0. The maximum absolute atomic E-state index is 11.5. The Morgan fingerprint density at radius 1 is 0.800 bits per heavy atom. The van der Waals surface area contributed by atoms with Gasteiger partial charge in [0.2, 0.25) is 0 Å². The highest BCUT2D eigenvalue weighted by Crippen LogP contribution is 2.30. The summed E-state index contributed by atoms with van der Waals surface area (Å²) in [5.74, 6) is -1.05. The van der Waals surface area contributed by atoms with Crippen LogP contribution in [0.15, 0.2) is 0 Å². The minimum atomic E-state index is -0.840. The van der Waals surface area contributed by atoms with Crippen molar-refractivity contribution in [2.45, 2.75) is 66.2 Å². The van der Waals surface area contributed by atoms with Crippen LogP contribution in [-0.2, 0) is 9.59 Å². The topological polar surface area (TPSA) is 74.6 Å². The molecule has 0 heterocycles. The van der Waals surface area contributed by atoms with Crippen molar-refractivity contribution in [3.8, 4) is 0 Å². The molecule has 2 N–H and O–H groups in total. The van der Waals surface area contributed by atoms with Crippen LogP contribution >= 0.6 is 0 Å². The molecule has 0 aliphatic carbocycles. The first-order chi connectivity index (χ1) is 9.23. The molecule has 2 atom stereocenters. The minimum Gasteiger partial charge on any atom is -0.481 e. The number of aliphatic carboxylic acids is 2. The Balaban J connectivity index is 4.69. The minimum absolute atomic E-state index is 0.0234. The van der Waals surface area contributed by atoms with E-state index >= 15 is 0 Å². The van der Waals surface area contributed by atoms with Gasteiger partial charge in [0.1, 0.15) is 0 Å². The SMILES string of the molecule is CC(C)CCC(CCC(=O)O)C(CCC(C)C)C(=O)O. The molecule has 0 aromatic heterocycles. The normalized spacial score (nSPS) is 14.5. The van der Waals surface area contributed by atoms with Crippen molar-refractivity contribution in [2.75, 3.05) is 0 Å². The van der Waals surface area contributed by atoms with Crippen LogP contribution < -0.4 is 0 Å². The Labute approximate surface area is 122 Å². The summed E-state index contributed by atoms with van der Waals surface area (Å²) in [5, 5.41) is 18.3. The molecule has 0 radical (unpaired) electrons. The zero-order chi connectivity index (χ0) is 15.7. The second-order valence-electron chi connectivity index (χ2n) is 6.58. The van der Waals surface area contributed by atoms with E-state index in [1.54, 1.807) is 0 Å². The van der Waals surface area contributed by atoms with Gasteiger partial charge in [-0.25, -0.2) is 0 Å². The van der Waals surface area contributed by atoms with Gasteiger partial charge in [-0.1, -0.05) is 40.5 Å². The number of carboxylic acid groups (broad SMARTS) is 2. The highest BCUT2D eigenvalue weighted by Gasteiger charge is 2.28. The third-order valence-electron chi connectivity index (χ3n) is 3.79. The quantitative estimate of drug-likeness (QED) is 0.601. The molecule has 0 aromatic carbocycles. The summed E-state index contributed by atoms with van der Waals surface area (Å²) in [5.41, 5.74) is 0. The van der Waals surface area contributed by atoms with Crippen molar-refractivity contribution in [3.63, 3.8) is 0 Å². The van der Waals surface area contributed by atoms with Crippen molar-refractivity contribution in [2.24, 2.45) is 23.7 Å². The zero-order valence-corrected chi connectivity index (χ0v) is 13.3. The van der Waals surface area contributed by atoms with Crippen molar-refractivity contribution in [3.05, 3.63) is 0 Å². The molecule has 4 nitrogen and oxygen atoms in total. The predicted molar refractivity (Wildman–Crippen MR) is 79.6 cm³/mol. The van der Waals surface area contributed by atoms with Gasteiger partial charge in [-0.05, 0) is 37.0 Å². The van der Waals surface area contributed by atoms with Crippen LogP contribution in [0, 0.1) is 23.7 Å². The lowest BCUT2D eigenvalue weighted by atomic mass is 9.80. The third kappa shape index (κ3) is 8.94. The van der Waals surface area contributed by atoms with Gasteiger partial charge >= 0.3 is 11.9 Å². The van der Waals surface area contributed by atoms with Gasteiger partial charge in [-0.2, -0.15) is 0 Å². The highest BCUT2D eigenvalue weighted by atomic mass is 16.4. The van der Waals surface area contributed by atoms with Crippen LogP contribution in [0.5, 0.6) is 0 Å². The standard InChI is InChI=1S/C16H30O4/c1-11(2)5-7-13(8-10-15(17)18)14(16(19)20)9-6-12(3)4/h11-14H,5-10H2,1-4H3,(H,17,18)(H,19,20). The molecule has 0 spiro atoms. The Kier molecular flexibility index (Phi) is 9.26. The molecular formula is C16H30O4. The summed E-state index contributed by atoms with van der Waals surface area (Å²) in [7, 11) is 0. The smallest absolute Gasteiger partial charge is 0.306 e. The first-order valence-electron chi connectivity index (χ1n) is 7.68.